The van der Waals surface area contributed by atoms with Gasteiger partial charge in [-0.1, -0.05) is 43.3 Å². The maximum atomic E-state index is 13.3. The van der Waals surface area contributed by atoms with Crippen LogP contribution in [0.1, 0.15) is 46.8 Å². The predicted molar refractivity (Wildman–Crippen MR) is 148 cm³/mol. The standard InChI is InChI=1S/C30H36N4O2/c1-21-14-17-34(18-15-21)28-12-11-26(33-30(36)32-25-10-9-22(2)23(3)19-25)20-27(28)29(35)31-16-13-24-7-5-4-6-8-24/h4-12,19-21H,13-18H2,1-3H3,(H,31,35)(H2,32,33,36). The molecule has 36 heavy (non-hydrogen) atoms. The number of urea groups is 1. The fourth-order valence-corrected chi connectivity index (χ4v) is 4.49. The molecule has 3 amide bonds. The first kappa shape index (κ1) is 25.3. The highest BCUT2D eigenvalue weighted by molar-refractivity contribution is 6.04. The normalized spacial score (nSPS) is 13.8. The number of hydrogen-bond donors (Lipinski definition) is 3. The lowest BCUT2D eigenvalue weighted by Gasteiger charge is -2.33. The minimum absolute atomic E-state index is 0.127. The number of benzene rings is 3. The van der Waals surface area contributed by atoms with Crippen LogP contribution < -0.4 is 20.9 Å². The van der Waals surface area contributed by atoms with Gasteiger partial charge in [0.25, 0.3) is 5.91 Å². The number of aryl methyl sites for hydroxylation is 2. The Labute approximate surface area is 214 Å². The van der Waals surface area contributed by atoms with Gasteiger partial charge in [-0.05, 0) is 86.1 Å². The van der Waals surface area contributed by atoms with E-state index in [0.717, 1.165) is 49.3 Å². The van der Waals surface area contributed by atoms with Gasteiger partial charge in [-0.3, -0.25) is 4.79 Å². The Bertz CT molecular complexity index is 1200. The maximum Gasteiger partial charge on any atom is 0.323 e. The summed E-state index contributed by atoms with van der Waals surface area (Å²) in [6.07, 6.45) is 2.97. The van der Waals surface area contributed by atoms with Gasteiger partial charge in [0.1, 0.15) is 0 Å². The molecule has 1 aliphatic rings. The molecule has 0 aliphatic carbocycles. The first-order valence-corrected chi connectivity index (χ1v) is 12.8. The van der Waals surface area contributed by atoms with Crippen molar-refractivity contribution in [2.24, 2.45) is 5.92 Å². The van der Waals surface area contributed by atoms with Crippen LogP contribution in [0.5, 0.6) is 0 Å². The van der Waals surface area contributed by atoms with Crippen molar-refractivity contribution in [3.05, 3.63) is 89.0 Å². The highest BCUT2D eigenvalue weighted by Crippen LogP contribution is 2.29. The number of nitrogens with one attached hydrogen (secondary N) is 3. The van der Waals surface area contributed by atoms with Gasteiger partial charge in [-0.15, -0.1) is 0 Å². The fourth-order valence-electron chi connectivity index (χ4n) is 4.49. The lowest BCUT2D eigenvalue weighted by molar-refractivity contribution is 0.0954. The summed E-state index contributed by atoms with van der Waals surface area (Å²) < 4.78 is 0. The van der Waals surface area contributed by atoms with E-state index in [1.165, 1.54) is 11.1 Å². The van der Waals surface area contributed by atoms with E-state index in [0.29, 0.717) is 23.7 Å². The molecule has 0 atom stereocenters. The molecule has 188 valence electrons. The van der Waals surface area contributed by atoms with Gasteiger partial charge in [0.05, 0.1) is 5.56 Å². The zero-order valence-electron chi connectivity index (χ0n) is 21.4. The summed E-state index contributed by atoms with van der Waals surface area (Å²) in [6.45, 7) is 8.72. The smallest absolute Gasteiger partial charge is 0.323 e. The second-order valence-electron chi connectivity index (χ2n) is 9.77. The Morgan fingerprint density at radius 1 is 0.861 bits per heavy atom. The monoisotopic (exact) mass is 484 g/mol. The summed E-state index contributed by atoms with van der Waals surface area (Å²) in [4.78, 5) is 28.3. The van der Waals surface area contributed by atoms with Crippen LogP contribution in [-0.4, -0.2) is 31.6 Å². The van der Waals surface area contributed by atoms with Gasteiger partial charge < -0.3 is 20.9 Å². The van der Waals surface area contributed by atoms with E-state index in [-0.39, 0.29) is 11.9 Å². The van der Waals surface area contributed by atoms with Crippen LogP contribution in [0.2, 0.25) is 0 Å². The van der Waals surface area contributed by atoms with Crippen molar-refractivity contribution in [3.8, 4) is 0 Å². The van der Waals surface area contributed by atoms with E-state index < -0.39 is 0 Å². The third-order valence-corrected chi connectivity index (χ3v) is 6.93. The molecule has 1 aliphatic heterocycles. The van der Waals surface area contributed by atoms with Crippen LogP contribution in [0.4, 0.5) is 21.9 Å². The number of hydrogen-bond acceptors (Lipinski definition) is 3. The number of carbonyl (C=O) groups excluding carboxylic acids is 2. The third-order valence-electron chi connectivity index (χ3n) is 6.93. The molecule has 6 nitrogen and oxygen atoms in total. The average Bonchev–Trinajstić information content (AvgIpc) is 2.87. The molecular formula is C30H36N4O2. The van der Waals surface area contributed by atoms with Crippen molar-refractivity contribution >= 4 is 29.0 Å². The topological polar surface area (TPSA) is 73.5 Å². The molecule has 1 saturated heterocycles. The van der Waals surface area contributed by atoms with Crippen LogP contribution in [0.25, 0.3) is 0 Å². The molecular weight excluding hydrogens is 448 g/mol. The first-order chi connectivity index (χ1) is 17.4. The average molecular weight is 485 g/mol. The molecule has 1 heterocycles. The van der Waals surface area contributed by atoms with Crippen LogP contribution >= 0.6 is 0 Å². The fraction of sp³-hybridized carbons (Fsp3) is 0.333. The lowest BCUT2D eigenvalue weighted by atomic mass is 9.97. The Kier molecular flexibility index (Phi) is 8.26. The molecule has 1 fully saturated rings. The van der Waals surface area contributed by atoms with E-state index in [9.17, 15) is 9.59 Å². The van der Waals surface area contributed by atoms with Crippen LogP contribution in [0.3, 0.4) is 0 Å². The van der Waals surface area contributed by atoms with E-state index in [4.69, 9.17) is 0 Å². The molecule has 0 radical (unpaired) electrons. The second-order valence-corrected chi connectivity index (χ2v) is 9.77. The first-order valence-electron chi connectivity index (χ1n) is 12.8. The Balaban J connectivity index is 1.48. The Morgan fingerprint density at radius 2 is 1.53 bits per heavy atom. The molecule has 3 N–H and O–H groups in total. The molecule has 3 aromatic rings. The molecule has 0 saturated carbocycles. The summed E-state index contributed by atoms with van der Waals surface area (Å²) in [5.74, 6) is 0.567. The molecule has 4 rings (SSSR count). The van der Waals surface area contributed by atoms with Gasteiger partial charge in [0, 0.05) is 36.7 Å². The van der Waals surface area contributed by atoms with E-state index in [1.807, 2.05) is 62.4 Å². The van der Waals surface area contributed by atoms with Gasteiger partial charge in [-0.2, -0.15) is 0 Å². The molecule has 0 aromatic heterocycles. The van der Waals surface area contributed by atoms with Crippen molar-refractivity contribution in [3.63, 3.8) is 0 Å². The van der Waals surface area contributed by atoms with Crippen molar-refractivity contribution < 1.29 is 9.59 Å². The number of rotatable bonds is 7. The van der Waals surface area contributed by atoms with Crippen LogP contribution in [0.15, 0.2) is 66.7 Å². The van der Waals surface area contributed by atoms with Gasteiger partial charge in [-0.25, -0.2) is 4.79 Å². The molecule has 6 heteroatoms. The summed E-state index contributed by atoms with van der Waals surface area (Å²) in [5, 5.41) is 8.85. The van der Waals surface area contributed by atoms with Crippen LogP contribution in [-0.2, 0) is 6.42 Å². The van der Waals surface area contributed by atoms with Crippen molar-refractivity contribution in [1.29, 1.82) is 0 Å². The summed E-state index contributed by atoms with van der Waals surface area (Å²) >= 11 is 0. The summed E-state index contributed by atoms with van der Waals surface area (Å²) in [7, 11) is 0. The zero-order valence-corrected chi connectivity index (χ0v) is 21.4. The Morgan fingerprint density at radius 3 is 2.22 bits per heavy atom. The van der Waals surface area contributed by atoms with Crippen molar-refractivity contribution in [1.82, 2.24) is 5.32 Å². The second kappa shape index (κ2) is 11.8. The highest BCUT2D eigenvalue weighted by atomic mass is 16.2. The molecule has 0 spiro atoms. The number of amides is 3. The number of anilines is 3. The SMILES string of the molecule is Cc1ccc(NC(=O)Nc2ccc(N3CCC(C)CC3)c(C(=O)NCCc3ccccc3)c2)cc1C. The largest absolute Gasteiger partial charge is 0.371 e. The quantitative estimate of drug-likeness (QED) is 0.376. The van der Waals surface area contributed by atoms with Crippen molar-refractivity contribution in [2.75, 3.05) is 35.2 Å². The highest BCUT2D eigenvalue weighted by Gasteiger charge is 2.22. The van der Waals surface area contributed by atoms with Crippen molar-refractivity contribution in [2.45, 2.75) is 40.0 Å². The maximum absolute atomic E-state index is 13.3. The van der Waals surface area contributed by atoms with Gasteiger partial charge in [0.2, 0.25) is 0 Å². The van der Waals surface area contributed by atoms with Crippen LogP contribution in [0, 0.1) is 19.8 Å². The minimum atomic E-state index is -0.340. The number of nitrogens with zero attached hydrogens (tertiary/aromatic N) is 1. The lowest BCUT2D eigenvalue weighted by Crippen LogP contribution is -2.35. The van der Waals surface area contributed by atoms with E-state index in [1.54, 1.807) is 6.07 Å². The van der Waals surface area contributed by atoms with E-state index in [2.05, 4.69) is 39.9 Å². The molecule has 0 unspecified atom stereocenters. The molecule has 3 aromatic carbocycles. The van der Waals surface area contributed by atoms with Gasteiger partial charge >= 0.3 is 6.03 Å². The number of carbonyl (C=O) groups is 2. The minimum Gasteiger partial charge on any atom is -0.371 e. The third kappa shape index (κ3) is 6.66. The zero-order chi connectivity index (χ0) is 25.5. The number of piperidine rings is 1. The predicted octanol–water partition coefficient (Wildman–Crippen LogP) is 6.16. The summed E-state index contributed by atoms with van der Waals surface area (Å²) in [5.41, 5.74) is 6.28. The van der Waals surface area contributed by atoms with Gasteiger partial charge in [0.15, 0.2) is 0 Å². The molecule has 0 bridgehead atoms. The summed E-state index contributed by atoms with van der Waals surface area (Å²) in [6, 6.07) is 21.2. The Hall–Kier alpha value is -3.80. The van der Waals surface area contributed by atoms with E-state index >= 15 is 0 Å².